The van der Waals surface area contributed by atoms with Gasteiger partial charge < -0.3 is 30.2 Å². The molecule has 0 aliphatic heterocycles. The van der Waals surface area contributed by atoms with E-state index in [4.69, 9.17) is 10.5 Å². The summed E-state index contributed by atoms with van der Waals surface area (Å²) in [6.45, 7) is 0.0339. The zero-order chi connectivity index (χ0) is 28.5. The Balaban J connectivity index is 1.71. The minimum atomic E-state index is -4.66. The molecule has 0 bridgehead atoms. The fraction of sp³-hybridized carbons (Fsp3) is 0.320. The summed E-state index contributed by atoms with van der Waals surface area (Å²) in [7, 11) is 7.32. The van der Waals surface area contributed by atoms with Crippen LogP contribution in [-0.2, 0) is 6.54 Å². The molecule has 0 amide bonds. The summed E-state index contributed by atoms with van der Waals surface area (Å²) < 4.78 is 74.1. The van der Waals surface area contributed by atoms with Crippen molar-refractivity contribution in [3.8, 4) is 17.3 Å². The fourth-order valence-corrected chi connectivity index (χ4v) is 3.97. The Morgan fingerprint density at radius 2 is 1.74 bits per heavy atom. The van der Waals surface area contributed by atoms with Gasteiger partial charge in [0.1, 0.15) is 18.0 Å². The summed E-state index contributed by atoms with van der Waals surface area (Å²) in [6.07, 6.45) is -3.34. The minimum absolute atomic E-state index is 0.000689. The van der Waals surface area contributed by atoms with E-state index >= 15 is 0 Å². The Hall–Kier alpha value is -4.20. The van der Waals surface area contributed by atoms with E-state index in [0.29, 0.717) is 29.7 Å². The Bertz CT molecular complexity index is 1490. The third-order valence-electron chi connectivity index (χ3n) is 5.90. The SMILES string of the molecule is COc1cc(N(C)CCN(C)C)c(N)cc1Nc1nccc(-c2nc3cc(F)c(F)cc3n2CC(F)(F)F)n1. The van der Waals surface area contributed by atoms with E-state index in [2.05, 4.69) is 20.3 Å². The number of likely N-dealkylation sites (N-methyl/N-ethyl adjacent to an activating group) is 2. The number of nitrogens with two attached hydrogens (primary N) is 1. The maximum absolute atomic E-state index is 13.9. The molecule has 2 aromatic heterocycles. The molecular weight excluding hydrogens is 523 g/mol. The molecule has 2 heterocycles. The van der Waals surface area contributed by atoms with Crippen LogP contribution in [0.5, 0.6) is 5.75 Å². The average Bonchev–Trinajstić information content (AvgIpc) is 3.18. The standard InChI is InChI=1S/C25H27F5N8O/c1-36(2)7-8-37(3)20-12-22(39-4)19(11-16(20)31)35-24-32-6-5-17(34-24)23-33-18-9-14(26)15(27)10-21(18)38(23)13-25(28,29)30/h5-6,9-12H,7-8,13,31H2,1-4H3,(H,32,34,35). The first-order valence-electron chi connectivity index (χ1n) is 11.7. The van der Waals surface area contributed by atoms with E-state index < -0.39 is 24.4 Å². The number of anilines is 4. The second-order valence-electron chi connectivity index (χ2n) is 9.12. The van der Waals surface area contributed by atoms with Crippen molar-refractivity contribution < 1.29 is 26.7 Å². The van der Waals surface area contributed by atoms with Crippen LogP contribution in [-0.4, -0.2) is 71.9 Å². The van der Waals surface area contributed by atoms with Crippen molar-refractivity contribution in [1.29, 1.82) is 0 Å². The molecule has 3 N–H and O–H groups in total. The zero-order valence-electron chi connectivity index (χ0n) is 21.6. The Kier molecular flexibility index (Phi) is 7.77. The van der Waals surface area contributed by atoms with Crippen LogP contribution < -0.4 is 20.7 Å². The number of rotatable bonds is 9. The quantitative estimate of drug-likeness (QED) is 0.229. The van der Waals surface area contributed by atoms with E-state index in [9.17, 15) is 22.0 Å². The predicted molar refractivity (Wildman–Crippen MR) is 139 cm³/mol. The number of nitrogens with zero attached hydrogens (tertiary/aromatic N) is 6. The lowest BCUT2D eigenvalue weighted by molar-refractivity contribution is -0.139. The summed E-state index contributed by atoms with van der Waals surface area (Å²) in [5, 5.41) is 2.98. The van der Waals surface area contributed by atoms with E-state index in [1.54, 1.807) is 12.1 Å². The Labute approximate surface area is 221 Å². The van der Waals surface area contributed by atoms with Crippen molar-refractivity contribution in [2.75, 3.05) is 57.3 Å². The number of nitrogens with one attached hydrogen (secondary N) is 1. The van der Waals surface area contributed by atoms with Crippen molar-refractivity contribution >= 4 is 34.0 Å². The van der Waals surface area contributed by atoms with Gasteiger partial charge in [-0.15, -0.1) is 0 Å². The van der Waals surface area contributed by atoms with Crippen molar-refractivity contribution in [2.24, 2.45) is 0 Å². The van der Waals surface area contributed by atoms with Crippen molar-refractivity contribution in [3.05, 3.63) is 48.2 Å². The molecule has 4 aromatic rings. The molecule has 14 heteroatoms. The molecule has 0 aliphatic carbocycles. The predicted octanol–water partition coefficient (Wildman–Crippen LogP) is 4.67. The number of imidazole rings is 1. The topological polar surface area (TPSA) is 97.4 Å². The van der Waals surface area contributed by atoms with Gasteiger partial charge in [0, 0.05) is 44.5 Å². The largest absolute Gasteiger partial charge is 0.494 e. The molecule has 0 atom stereocenters. The van der Waals surface area contributed by atoms with Gasteiger partial charge in [0.25, 0.3) is 0 Å². The van der Waals surface area contributed by atoms with Gasteiger partial charge in [-0.1, -0.05) is 0 Å². The zero-order valence-corrected chi connectivity index (χ0v) is 21.6. The number of hydrogen-bond donors (Lipinski definition) is 2. The number of nitrogen functional groups attached to an aromatic ring is 1. The maximum Gasteiger partial charge on any atom is 0.406 e. The minimum Gasteiger partial charge on any atom is -0.494 e. The van der Waals surface area contributed by atoms with Crippen LogP contribution in [0, 0.1) is 11.6 Å². The average molecular weight is 551 g/mol. The van der Waals surface area contributed by atoms with Crippen LogP contribution in [0.25, 0.3) is 22.6 Å². The van der Waals surface area contributed by atoms with Crippen LogP contribution in [0.4, 0.5) is 45.0 Å². The molecule has 0 saturated heterocycles. The van der Waals surface area contributed by atoms with Gasteiger partial charge in [-0.25, -0.2) is 23.7 Å². The van der Waals surface area contributed by atoms with E-state index in [0.717, 1.165) is 22.9 Å². The molecule has 0 saturated carbocycles. The number of fused-ring (bicyclic) bond motifs is 1. The van der Waals surface area contributed by atoms with Gasteiger partial charge in [0.2, 0.25) is 5.95 Å². The summed E-state index contributed by atoms with van der Waals surface area (Å²) in [5.41, 5.74) is 7.54. The van der Waals surface area contributed by atoms with E-state index in [1.165, 1.54) is 19.4 Å². The molecule has 208 valence electrons. The first-order valence-corrected chi connectivity index (χ1v) is 11.7. The summed E-state index contributed by atoms with van der Waals surface area (Å²) in [6, 6.07) is 6.16. The van der Waals surface area contributed by atoms with Crippen molar-refractivity contribution in [2.45, 2.75) is 12.7 Å². The lowest BCUT2D eigenvalue weighted by Gasteiger charge is -2.24. The van der Waals surface area contributed by atoms with Gasteiger partial charge in [-0.2, -0.15) is 13.2 Å². The van der Waals surface area contributed by atoms with E-state index in [1.807, 2.05) is 30.9 Å². The first kappa shape index (κ1) is 27.8. The molecule has 0 aliphatic rings. The smallest absolute Gasteiger partial charge is 0.406 e. The third-order valence-corrected chi connectivity index (χ3v) is 5.90. The number of halogens is 5. The molecule has 39 heavy (non-hydrogen) atoms. The van der Waals surface area contributed by atoms with Crippen molar-refractivity contribution in [1.82, 2.24) is 24.4 Å². The summed E-state index contributed by atoms with van der Waals surface area (Å²) in [4.78, 5) is 16.6. The van der Waals surface area contributed by atoms with Gasteiger partial charge in [-0.3, -0.25) is 0 Å². The number of alkyl halides is 3. The van der Waals surface area contributed by atoms with Crippen LogP contribution in [0.3, 0.4) is 0 Å². The lowest BCUT2D eigenvalue weighted by atomic mass is 10.2. The molecule has 4 rings (SSSR count). The number of hydrogen-bond acceptors (Lipinski definition) is 8. The van der Waals surface area contributed by atoms with Gasteiger partial charge in [0.05, 0.1) is 35.2 Å². The van der Waals surface area contributed by atoms with Crippen LogP contribution in [0.15, 0.2) is 36.5 Å². The molecule has 9 nitrogen and oxygen atoms in total. The highest BCUT2D eigenvalue weighted by Crippen LogP contribution is 2.36. The molecule has 0 fully saturated rings. The second-order valence-corrected chi connectivity index (χ2v) is 9.12. The van der Waals surface area contributed by atoms with Crippen LogP contribution in [0.2, 0.25) is 0 Å². The highest BCUT2D eigenvalue weighted by Gasteiger charge is 2.31. The van der Waals surface area contributed by atoms with Crippen molar-refractivity contribution in [3.63, 3.8) is 0 Å². The normalized spacial score (nSPS) is 11.8. The molecule has 2 aromatic carbocycles. The summed E-state index contributed by atoms with van der Waals surface area (Å²) >= 11 is 0. The highest BCUT2D eigenvalue weighted by molar-refractivity contribution is 5.81. The monoisotopic (exact) mass is 550 g/mol. The van der Waals surface area contributed by atoms with Gasteiger partial charge >= 0.3 is 6.18 Å². The van der Waals surface area contributed by atoms with Gasteiger partial charge in [0.15, 0.2) is 17.5 Å². The Morgan fingerprint density at radius 3 is 2.41 bits per heavy atom. The Morgan fingerprint density at radius 1 is 1.03 bits per heavy atom. The van der Waals surface area contributed by atoms with Gasteiger partial charge in [-0.05, 0) is 26.2 Å². The third kappa shape index (κ3) is 6.28. The summed E-state index contributed by atoms with van der Waals surface area (Å²) in [5.74, 6) is -2.30. The number of aromatic nitrogens is 4. The van der Waals surface area contributed by atoms with Crippen LogP contribution in [0.1, 0.15) is 0 Å². The molecular formula is C25H27F5N8O. The molecule has 0 unspecified atom stereocenters. The first-order chi connectivity index (χ1) is 18.4. The number of methoxy groups -OCH3 is 1. The van der Waals surface area contributed by atoms with Crippen LogP contribution >= 0.6 is 0 Å². The maximum atomic E-state index is 13.9. The number of ether oxygens (including phenoxy) is 1. The number of benzene rings is 2. The second kappa shape index (κ2) is 10.9. The van der Waals surface area contributed by atoms with E-state index in [-0.39, 0.29) is 28.5 Å². The lowest BCUT2D eigenvalue weighted by Crippen LogP contribution is -2.29. The highest BCUT2D eigenvalue weighted by atomic mass is 19.4. The molecule has 0 radical (unpaired) electrons. The fourth-order valence-electron chi connectivity index (χ4n) is 3.97. The molecule has 0 spiro atoms.